The van der Waals surface area contributed by atoms with E-state index in [2.05, 4.69) is 0 Å². The van der Waals surface area contributed by atoms with Crippen molar-refractivity contribution in [2.75, 3.05) is 26.3 Å². The van der Waals surface area contributed by atoms with E-state index < -0.39 is 17.2 Å². The highest BCUT2D eigenvalue weighted by Crippen LogP contribution is 2.32. The van der Waals surface area contributed by atoms with E-state index in [1.54, 1.807) is 15.9 Å². The minimum absolute atomic E-state index is 0.165. The first-order valence-corrected chi connectivity index (χ1v) is 17.3. The van der Waals surface area contributed by atoms with E-state index in [0.29, 0.717) is 24.0 Å². The van der Waals surface area contributed by atoms with Crippen LogP contribution < -0.4 is 0 Å². The standard InChI is InChI=1S/C42H52N2O5/c1-6-31-21-22-33(38(29-31)40(49)44(26-28-46)42(4,5)35-18-11-8-12-19-35)30-36(47)24-23-32-15-13-14-20-37(32)39(48)43(25-27-45)41(2,3)34-16-9-7-10-17-34/h7-22,29,36,45-47H,6,23-28,30H2,1-5H3. The summed E-state index contributed by atoms with van der Waals surface area (Å²) in [4.78, 5) is 31.8. The second-order valence-corrected chi connectivity index (χ2v) is 13.6. The Bertz CT molecular complexity index is 1670. The van der Waals surface area contributed by atoms with Crippen LogP contribution in [0.4, 0.5) is 0 Å². The second kappa shape index (κ2) is 16.9. The fraction of sp³-hybridized carbons (Fsp3) is 0.381. The molecule has 2 amide bonds. The molecule has 4 aromatic carbocycles. The molecule has 0 aliphatic rings. The molecule has 1 unspecified atom stereocenters. The summed E-state index contributed by atoms with van der Waals surface area (Å²) >= 11 is 0. The monoisotopic (exact) mass is 664 g/mol. The average molecular weight is 665 g/mol. The van der Waals surface area contributed by atoms with Gasteiger partial charge in [0, 0.05) is 24.2 Å². The third kappa shape index (κ3) is 8.84. The van der Waals surface area contributed by atoms with E-state index in [4.69, 9.17) is 0 Å². The predicted octanol–water partition coefficient (Wildman–Crippen LogP) is 6.52. The molecule has 0 aromatic heterocycles. The molecule has 7 heteroatoms. The smallest absolute Gasteiger partial charge is 0.254 e. The highest BCUT2D eigenvalue weighted by Gasteiger charge is 2.35. The van der Waals surface area contributed by atoms with Gasteiger partial charge in [0.2, 0.25) is 0 Å². The molecule has 0 saturated heterocycles. The number of rotatable bonds is 16. The van der Waals surface area contributed by atoms with Crippen LogP contribution in [0.1, 0.15) is 89.6 Å². The lowest BCUT2D eigenvalue weighted by atomic mass is 9.89. The summed E-state index contributed by atoms with van der Waals surface area (Å²) in [6.45, 7) is 9.96. The number of aliphatic hydroxyl groups is 3. The summed E-state index contributed by atoms with van der Waals surface area (Å²) in [7, 11) is 0. The summed E-state index contributed by atoms with van der Waals surface area (Å²) in [5.74, 6) is -0.373. The topological polar surface area (TPSA) is 101 Å². The Balaban J connectivity index is 1.56. The van der Waals surface area contributed by atoms with Crippen LogP contribution in [0.3, 0.4) is 0 Å². The first-order chi connectivity index (χ1) is 23.4. The maximum Gasteiger partial charge on any atom is 0.254 e. The Morgan fingerprint density at radius 1 is 0.653 bits per heavy atom. The van der Waals surface area contributed by atoms with Crippen molar-refractivity contribution >= 4 is 11.8 Å². The molecular weight excluding hydrogens is 612 g/mol. The molecule has 0 radical (unpaired) electrons. The van der Waals surface area contributed by atoms with E-state index in [1.807, 2.05) is 132 Å². The molecule has 7 nitrogen and oxygen atoms in total. The van der Waals surface area contributed by atoms with Crippen LogP contribution in [0, 0.1) is 0 Å². The highest BCUT2D eigenvalue weighted by molar-refractivity contribution is 5.97. The zero-order valence-corrected chi connectivity index (χ0v) is 29.6. The molecule has 260 valence electrons. The van der Waals surface area contributed by atoms with Crippen LogP contribution in [0.25, 0.3) is 0 Å². The van der Waals surface area contributed by atoms with E-state index >= 15 is 0 Å². The number of amides is 2. The average Bonchev–Trinajstić information content (AvgIpc) is 3.12. The fourth-order valence-electron chi connectivity index (χ4n) is 6.61. The summed E-state index contributed by atoms with van der Waals surface area (Å²) in [6.07, 6.45) is 1.08. The zero-order chi connectivity index (χ0) is 35.6. The van der Waals surface area contributed by atoms with Gasteiger partial charge < -0.3 is 25.1 Å². The molecular formula is C42H52N2O5. The summed E-state index contributed by atoms with van der Waals surface area (Å²) in [5.41, 5.74) is 4.21. The Kier molecular flexibility index (Phi) is 12.9. The van der Waals surface area contributed by atoms with Gasteiger partial charge in [-0.15, -0.1) is 0 Å². The van der Waals surface area contributed by atoms with Gasteiger partial charge in [0.05, 0.1) is 30.4 Å². The predicted molar refractivity (Wildman–Crippen MR) is 195 cm³/mol. The van der Waals surface area contributed by atoms with E-state index in [9.17, 15) is 24.9 Å². The summed E-state index contributed by atoms with van der Waals surface area (Å²) in [6, 6.07) is 32.9. The third-order valence-corrected chi connectivity index (χ3v) is 9.71. The number of hydrogen-bond donors (Lipinski definition) is 3. The van der Waals surface area contributed by atoms with Crippen molar-refractivity contribution in [2.45, 2.75) is 77.5 Å². The molecule has 0 saturated carbocycles. The van der Waals surface area contributed by atoms with Gasteiger partial charge in [-0.1, -0.05) is 97.9 Å². The van der Waals surface area contributed by atoms with Crippen molar-refractivity contribution < 1.29 is 24.9 Å². The molecule has 49 heavy (non-hydrogen) atoms. The maximum atomic E-state index is 14.3. The van der Waals surface area contributed by atoms with Crippen LogP contribution in [-0.2, 0) is 30.3 Å². The Hall–Kier alpha value is -4.30. The van der Waals surface area contributed by atoms with Crippen molar-refractivity contribution in [3.05, 3.63) is 142 Å². The lowest BCUT2D eigenvalue weighted by Crippen LogP contribution is -2.47. The van der Waals surface area contributed by atoms with Gasteiger partial charge in [-0.25, -0.2) is 0 Å². The number of aryl methyl sites for hydroxylation is 2. The van der Waals surface area contributed by atoms with E-state index in [0.717, 1.165) is 34.2 Å². The van der Waals surface area contributed by atoms with Crippen molar-refractivity contribution in [1.82, 2.24) is 9.80 Å². The minimum atomic E-state index is -0.773. The van der Waals surface area contributed by atoms with E-state index in [1.165, 1.54) is 0 Å². The molecule has 1 atom stereocenters. The molecule has 3 N–H and O–H groups in total. The molecule has 4 aromatic rings. The SMILES string of the molecule is CCc1ccc(CC(O)CCc2ccccc2C(=O)N(CCO)C(C)(C)c2ccccc2)c(C(=O)N(CCO)C(C)(C)c2ccccc2)c1. The lowest BCUT2D eigenvalue weighted by molar-refractivity contribution is 0.0472. The normalized spacial score (nSPS) is 12.4. The number of aliphatic hydroxyl groups excluding tert-OH is 3. The fourth-order valence-corrected chi connectivity index (χ4v) is 6.61. The van der Waals surface area contributed by atoms with Crippen LogP contribution in [0.2, 0.25) is 0 Å². The molecule has 0 spiro atoms. The minimum Gasteiger partial charge on any atom is -0.395 e. The number of hydrogen-bond acceptors (Lipinski definition) is 5. The molecule has 0 heterocycles. The zero-order valence-electron chi connectivity index (χ0n) is 29.6. The molecule has 0 aliphatic heterocycles. The third-order valence-electron chi connectivity index (χ3n) is 9.71. The van der Waals surface area contributed by atoms with Gasteiger partial charge in [0.25, 0.3) is 11.8 Å². The molecule has 0 fully saturated rings. The van der Waals surface area contributed by atoms with Crippen molar-refractivity contribution in [3.63, 3.8) is 0 Å². The quantitative estimate of drug-likeness (QED) is 0.127. The lowest BCUT2D eigenvalue weighted by Gasteiger charge is -2.39. The number of carbonyl (C=O) groups is 2. The summed E-state index contributed by atoms with van der Waals surface area (Å²) < 4.78 is 0. The van der Waals surface area contributed by atoms with Gasteiger partial charge in [-0.05, 0) is 93.3 Å². The number of carbonyl (C=O) groups excluding carboxylic acids is 2. The van der Waals surface area contributed by atoms with Crippen LogP contribution in [-0.4, -0.2) is 69.3 Å². The van der Waals surface area contributed by atoms with Gasteiger partial charge in [0.15, 0.2) is 0 Å². The summed E-state index contributed by atoms with van der Waals surface area (Å²) in [5, 5.41) is 31.3. The van der Waals surface area contributed by atoms with Gasteiger partial charge in [-0.2, -0.15) is 0 Å². The van der Waals surface area contributed by atoms with Crippen LogP contribution in [0.15, 0.2) is 103 Å². The molecule has 0 bridgehead atoms. The van der Waals surface area contributed by atoms with Crippen LogP contribution >= 0.6 is 0 Å². The number of nitrogens with zero attached hydrogens (tertiary/aromatic N) is 2. The van der Waals surface area contributed by atoms with Gasteiger partial charge in [-0.3, -0.25) is 9.59 Å². The first kappa shape index (κ1) is 37.5. The Morgan fingerprint density at radius 3 is 1.65 bits per heavy atom. The van der Waals surface area contributed by atoms with Crippen molar-refractivity contribution in [1.29, 1.82) is 0 Å². The largest absolute Gasteiger partial charge is 0.395 e. The first-order valence-electron chi connectivity index (χ1n) is 17.3. The second-order valence-electron chi connectivity index (χ2n) is 13.6. The van der Waals surface area contributed by atoms with Crippen molar-refractivity contribution in [3.8, 4) is 0 Å². The molecule has 0 aliphatic carbocycles. The maximum absolute atomic E-state index is 14.3. The Morgan fingerprint density at radius 2 is 1.14 bits per heavy atom. The van der Waals surface area contributed by atoms with Gasteiger partial charge >= 0.3 is 0 Å². The molecule has 4 rings (SSSR count). The van der Waals surface area contributed by atoms with Gasteiger partial charge in [0.1, 0.15) is 0 Å². The van der Waals surface area contributed by atoms with E-state index in [-0.39, 0.29) is 44.5 Å². The van der Waals surface area contributed by atoms with Crippen molar-refractivity contribution in [2.24, 2.45) is 0 Å². The number of benzene rings is 4. The van der Waals surface area contributed by atoms with Crippen LogP contribution in [0.5, 0.6) is 0 Å². The highest BCUT2D eigenvalue weighted by atomic mass is 16.3. The Labute approximate surface area is 291 Å².